The summed E-state index contributed by atoms with van der Waals surface area (Å²) in [5, 5.41) is 14.8. The van der Waals surface area contributed by atoms with Crippen LogP contribution in [0.3, 0.4) is 0 Å². The fourth-order valence-electron chi connectivity index (χ4n) is 3.50. The van der Waals surface area contributed by atoms with Crippen LogP contribution >= 0.6 is 34.0 Å². The SMILES string of the molecule is Br.Br.Cn1c(CCC2CCNCC2)nc2cc(NC(=O)CCC(=O)O)ccc21. The molecule has 1 fully saturated rings. The van der Waals surface area contributed by atoms with Crippen LogP contribution in [-0.2, 0) is 23.1 Å². The number of fused-ring (bicyclic) bond motifs is 1. The first kappa shape index (κ1) is 24.6. The Morgan fingerprint density at radius 2 is 1.96 bits per heavy atom. The fraction of sp³-hybridized carbons (Fsp3) is 0.526. The number of nitrogens with zero attached hydrogens (tertiary/aromatic N) is 2. The maximum absolute atomic E-state index is 11.8. The zero-order valence-corrected chi connectivity index (χ0v) is 19.4. The predicted octanol–water partition coefficient (Wildman–Crippen LogP) is 3.46. The van der Waals surface area contributed by atoms with Crippen LogP contribution in [-0.4, -0.2) is 39.6 Å². The number of benzene rings is 1. The molecule has 156 valence electrons. The largest absolute Gasteiger partial charge is 0.481 e. The van der Waals surface area contributed by atoms with E-state index in [1.54, 1.807) is 0 Å². The van der Waals surface area contributed by atoms with Crippen LogP contribution in [0.4, 0.5) is 5.69 Å². The minimum Gasteiger partial charge on any atom is -0.481 e. The molecular formula is C19H28Br2N4O3. The third-order valence-corrected chi connectivity index (χ3v) is 5.06. The lowest BCUT2D eigenvalue weighted by Crippen LogP contribution is -2.28. The van der Waals surface area contributed by atoms with Gasteiger partial charge in [-0.3, -0.25) is 9.59 Å². The highest BCUT2D eigenvalue weighted by molar-refractivity contribution is 8.93. The third-order valence-electron chi connectivity index (χ3n) is 5.06. The quantitative estimate of drug-likeness (QED) is 0.520. The Balaban J connectivity index is 0.00000196. The Bertz CT molecular complexity index is 804. The minimum atomic E-state index is -0.973. The number of hydrogen-bond donors (Lipinski definition) is 3. The summed E-state index contributed by atoms with van der Waals surface area (Å²) in [6.07, 6.45) is 4.37. The number of anilines is 1. The summed E-state index contributed by atoms with van der Waals surface area (Å²) in [7, 11) is 2.03. The van der Waals surface area contributed by atoms with Crippen LogP contribution in [0.1, 0.15) is 37.9 Å². The number of carbonyl (C=O) groups is 2. The molecule has 0 unspecified atom stereocenters. The fourth-order valence-corrected chi connectivity index (χ4v) is 3.50. The summed E-state index contributed by atoms with van der Waals surface area (Å²) in [5.74, 6) is 0.556. The predicted molar refractivity (Wildman–Crippen MR) is 121 cm³/mol. The molecule has 0 spiro atoms. The number of hydrogen-bond acceptors (Lipinski definition) is 4. The Labute approximate surface area is 185 Å². The van der Waals surface area contributed by atoms with Gasteiger partial charge in [-0.1, -0.05) is 0 Å². The van der Waals surface area contributed by atoms with E-state index in [1.807, 2.05) is 25.2 Å². The molecule has 0 aliphatic carbocycles. The van der Waals surface area contributed by atoms with Gasteiger partial charge in [-0.2, -0.15) is 0 Å². The van der Waals surface area contributed by atoms with Gasteiger partial charge >= 0.3 is 5.97 Å². The van der Waals surface area contributed by atoms with E-state index in [0.717, 1.165) is 48.7 Å². The third kappa shape index (κ3) is 6.56. The smallest absolute Gasteiger partial charge is 0.303 e. The van der Waals surface area contributed by atoms with E-state index in [4.69, 9.17) is 10.1 Å². The molecular weight excluding hydrogens is 492 g/mol. The highest BCUT2D eigenvalue weighted by atomic mass is 79.9. The van der Waals surface area contributed by atoms with Crippen molar-refractivity contribution in [3.05, 3.63) is 24.0 Å². The van der Waals surface area contributed by atoms with Gasteiger partial charge in [-0.25, -0.2) is 4.98 Å². The summed E-state index contributed by atoms with van der Waals surface area (Å²) < 4.78 is 2.12. The summed E-state index contributed by atoms with van der Waals surface area (Å²) in [6.45, 7) is 2.22. The molecule has 0 bridgehead atoms. The lowest BCUT2D eigenvalue weighted by atomic mass is 9.93. The molecule has 0 atom stereocenters. The van der Waals surface area contributed by atoms with Crippen molar-refractivity contribution in [2.45, 2.75) is 38.5 Å². The molecule has 2 heterocycles. The molecule has 1 saturated heterocycles. The van der Waals surface area contributed by atoms with Crippen molar-refractivity contribution in [1.82, 2.24) is 14.9 Å². The molecule has 0 saturated carbocycles. The number of halogens is 2. The van der Waals surface area contributed by atoms with E-state index in [-0.39, 0.29) is 52.7 Å². The van der Waals surface area contributed by atoms with Gasteiger partial charge in [-0.05, 0) is 56.5 Å². The van der Waals surface area contributed by atoms with Crippen molar-refractivity contribution >= 4 is 62.6 Å². The number of amides is 1. The molecule has 3 N–H and O–H groups in total. The molecule has 1 aliphatic heterocycles. The molecule has 1 aromatic carbocycles. The average Bonchev–Trinajstić information content (AvgIpc) is 2.94. The first-order chi connectivity index (χ1) is 12.5. The van der Waals surface area contributed by atoms with E-state index in [2.05, 4.69) is 15.2 Å². The van der Waals surface area contributed by atoms with Gasteiger partial charge in [0.15, 0.2) is 0 Å². The zero-order chi connectivity index (χ0) is 18.5. The number of aromatic nitrogens is 2. The Morgan fingerprint density at radius 3 is 2.64 bits per heavy atom. The second-order valence-corrected chi connectivity index (χ2v) is 6.96. The first-order valence-electron chi connectivity index (χ1n) is 9.20. The van der Waals surface area contributed by atoms with Gasteiger partial charge in [0, 0.05) is 25.6 Å². The lowest BCUT2D eigenvalue weighted by Gasteiger charge is -2.22. The lowest BCUT2D eigenvalue weighted by molar-refractivity contribution is -0.138. The van der Waals surface area contributed by atoms with Gasteiger partial charge in [0.1, 0.15) is 5.82 Å². The van der Waals surface area contributed by atoms with E-state index >= 15 is 0 Å². The van der Waals surface area contributed by atoms with E-state index in [9.17, 15) is 9.59 Å². The van der Waals surface area contributed by atoms with Crippen molar-refractivity contribution in [1.29, 1.82) is 0 Å². The number of aryl methyl sites for hydroxylation is 2. The normalized spacial score (nSPS) is 14.2. The second kappa shape index (κ2) is 11.5. The number of carboxylic acids is 1. The summed E-state index contributed by atoms with van der Waals surface area (Å²) in [6, 6.07) is 5.63. The number of imidazole rings is 1. The molecule has 7 nitrogen and oxygen atoms in total. The van der Waals surface area contributed by atoms with Crippen LogP contribution in [0.25, 0.3) is 11.0 Å². The van der Waals surface area contributed by atoms with Gasteiger partial charge in [0.2, 0.25) is 5.91 Å². The van der Waals surface area contributed by atoms with Gasteiger partial charge in [0.05, 0.1) is 17.5 Å². The average molecular weight is 520 g/mol. The van der Waals surface area contributed by atoms with Crippen LogP contribution in [0.15, 0.2) is 18.2 Å². The van der Waals surface area contributed by atoms with Crippen LogP contribution in [0, 0.1) is 5.92 Å². The van der Waals surface area contributed by atoms with Crippen molar-refractivity contribution in [2.24, 2.45) is 13.0 Å². The number of carboxylic acid groups (broad SMARTS) is 1. The Morgan fingerprint density at radius 1 is 1.25 bits per heavy atom. The summed E-state index contributed by atoms with van der Waals surface area (Å²) >= 11 is 0. The highest BCUT2D eigenvalue weighted by Gasteiger charge is 2.15. The van der Waals surface area contributed by atoms with Crippen molar-refractivity contribution in [3.63, 3.8) is 0 Å². The highest BCUT2D eigenvalue weighted by Crippen LogP contribution is 2.23. The molecule has 1 amide bonds. The molecule has 2 aromatic rings. The molecule has 3 rings (SSSR count). The standard InChI is InChI=1S/C19H26N4O3.2BrH/c1-23-16-4-3-14(21-18(24)6-7-19(25)26)12-15(16)22-17(23)5-2-13-8-10-20-11-9-13;;/h3-4,12-13,20H,2,5-11H2,1H3,(H,21,24)(H,25,26);2*1H. The maximum Gasteiger partial charge on any atom is 0.303 e. The Hall–Kier alpha value is -1.45. The summed E-state index contributed by atoms with van der Waals surface area (Å²) in [4.78, 5) is 27.1. The molecule has 1 aliphatic rings. The second-order valence-electron chi connectivity index (χ2n) is 6.96. The van der Waals surface area contributed by atoms with E-state index in [0.29, 0.717) is 5.69 Å². The van der Waals surface area contributed by atoms with Crippen LogP contribution in [0.2, 0.25) is 0 Å². The molecule has 1 aromatic heterocycles. The van der Waals surface area contributed by atoms with Gasteiger partial charge in [-0.15, -0.1) is 34.0 Å². The maximum atomic E-state index is 11.8. The molecule has 9 heteroatoms. The molecule has 28 heavy (non-hydrogen) atoms. The number of aliphatic carboxylic acids is 1. The van der Waals surface area contributed by atoms with Crippen molar-refractivity contribution < 1.29 is 14.7 Å². The monoisotopic (exact) mass is 518 g/mol. The van der Waals surface area contributed by atoms with Crippen molar-refractivity contribution in [3.8, 4) is 0 Å². The first-order valence-corrected chi connectivity index (χ1v) is 9.20. The number of carbonyl (C=O) groups excluding carboxylic acids is 1. The van der Waals surface area contributed by atoms with E-state index in [1.165, 1.54) is 12.8 Å². The van der Waals surface area contributed by atoms with Crippen LogP contribution < -0.4 is 10.6 Å². The number of piperidine rings is 1. The van der Waals surface area contributed by atoms with Crippen molar-refractivity contribution in [2.75, 3.05) is 18.4 Å². The van der Waals surface area contributed by atoms with Crippen LogP contribution in [0.5, 0.6) is 0 Å². The van der Waals surface area contributed by atoms with Gasteiger partial charge in [0.25, 0.3) is 0 Å². The zero-order valence-electron chi connectivity index (χ0n) is 15.9. The Kier molecular flexibility index (Phi) is 10.1. The molecule has 0 radical (unpaired) electrons. The topological polar surface area (TPSA) is 96.3 Å². The number of rotatable bonds is 7. The van der Waals surface area contributed by atoms with E-state index < -0.39 is 5.97 Å². The summed E-state index contributed by atoms with van der Waals surface area (Å²) in [5.41, 5.74) is 2.54. The number of nitrogens with one attached hydrogen (secondary N) is 2. The minimum absolute atomic E-state index is 0. The van der Waals surface area contributed by atoms with Gasteiger partial charge < -0.3 is 20.3 Å².